The monoisotopic (exact) mass is 287 g/mol. The zero-order valence-corrected chi connectivity index (χ0v) is 12.5. The first-order valence-electron chi connectivity index (χ1n) is 7.23. The molecule has 1 atom stereocenters. The fourth-order valence-corrected chi connectivity index (χ4v) is 2.02. The summed E-state index contributed by atoms with van der Waals surface area (Å²) in [7, 11) is 0. The van der Waals surface area contributed by atoms with Gasteiger partial charge in [-0.25, -0.2) is 0 Å². The van der Waals surface area contributed by atoms with Crippen LogP contribution in [0.3, 0.4) is 0 Å². The van der Waals surface area contributed by atoms with Crippen LogP contribution in [0.1, 0.15) is 37.5 Å². The average molecular weight is 287 g/mol. The van der Waals surface area contributed by atoms with Crippen LogP contribution in [0, 0.1) is 0 Å². The molecule has 1 heterocycles. The molecule has 2 aromatic rings. The number of hydrogen-bond donors (Lipinski definition) is 1. The maximum atomic E-state index is 10.5. The smallest absolute Gasteiger partial charge is 0.137 e. The number of aliphatic hydroxyl groups is 1. The highest BCUT2D eigenvalue weighted by atomic mass is 16.5. The second kappa shape index (κ2) is 7.64. The van der Waals surface area contributed by atoms with Crippen molar-refractivity contribution in [3.8, 4) is 11.5 Å². The maximum Gasteiger partial charge on any atom is 0.137 e. The van der Waals surface area contributed by atoms with Crippen molar-refractivity contribution in [2.24, 2.45) is 0 Å². The van der Waals surface area contributed by atoms with Gasteiger partial charge in [0.2, 0.25) is 0 Å². The van der Waals surface area contributed by atoms with Gasteiger partial charge in [-0.3, -0.25) is 4.98 Å². The Kier molecular flexibility index (Phi) is 5.58. The lowest BCUT2D eigenvalue weighted by molar-refractivity contribution is 0.218. The van der Waals surface area contributed by atoms with E-state index >= 15 is 0 Å². The van der Waals surface area contributed by atoms with Gasteiger partial charge in [-0.15, -0.1) is 0 Å². The fraction of sp³-hybridized carbons (Fsp3) is 0.353. The molecule has 0 aliphatic rings. The third-order valence-electron chi connectivity index (χ3n) is 3.01. The normalized spacial score (nSPS) is 12.0. The van der Waals surface area contributed by atoms with Crippen LogP contribution < -0.4 is 9.47 Å². The Labute approximate surface area is 125 Å². The lowest BCUT2D eigenvalue weighted by atomic mass is 10.0. The van der Waals surface area contributed by atoms with Gasteiger partial charge in [0, 0.05) is 11.8 Å². The molecule has 0 spiro atoms. The molecule has 0 aliphatic carbocycles. The van der Waals surface area contributed by atoms with Crippen molar-refractivity contribution in [1.29, 1.82) is 0 Å². The molecule has 1 aromatic heterocycles. The number of hydrogen-bond acceptors (Lipinski definition) is 4. The Hall–Kier alpha value is -2.07. The Bertz CT molecular complexity index is 571. The molecular weight excluding hydrogens is 266 g/mol. The highest BCUT2D eigenvalue weighted by Gasteiger charge is 2.12. The maximum absolute atomic E-state index is 10.5. The summed E-state index contributed by atoms with van der Waals surface area (Å²) in [5, 5.41) is 10.5. The van der Waals surface area contributed by atoms with E-state index in [1.165, 1.54) is 0 Å². The second-order valence-electron chi connectivity index (χ2n) is 4.71. The number of benzene rings is 1. The van der Waals surface area contributed by atoms with Crippen molar-refractivity contribution in [2.45, 2.75) is 26.4 Å². The molecule has 112 valence electrons. The van der Waals surface area contributed by atoms with Crippen LogP contribution in [-0.2, 0) is 0 Å². The van der Waals surface area contributed by atoms with Gasteiger partial charge < -0.3 is 14.6 Å². The first kappa shape index (κ1) is 15.3. The van der Waals surface area contributed by atoms with E-state index in [0.717, 1.165) is 17.7 Å². The first-order valence-corrected chi connectivity index (χ1v) is 7.23. The molecule has 1 aromatic carbocycles. The predicted molar refractivity (Wildman–Crippen MR) is 81.7 cm³/mol. The first-order chi connectivity index (χ1) is 10.2. The van der Waals surface area contributed by atoms with Crippen LogP contribution in [0.2, 0.25) is 0 Å². The van der Waals surface area contributed by atoms with E-state index in [1.807, 2.05) is 44.2 Å². The van der Waals surface area contributed by atoms with Gasteiger partial charge in [0.1, 0.15) is 17.6 Å². The number of aliphatic hydroxyl groups excluding tert-OH is 1. The quantitative estimate of drug-likeness (QED) is 0.848. The standard InChI is InChI=1S/C17H21NO3/c1-3-8-21-16-10-14(11-18-12-16)17(19)13-6-5-7-15(9-13)20-4-2/h5-7,9-12,17,19H,3-4,8H2,1-2H3. The third kappa shape index (κ3) is 4.20. The Morgan fingerprint density at radius 3 is 2.62 bits per heavy atom. The van der Waals surface area contributed by atoms with Crippen LogP contribution in [0.25, 0.3) is 0 Å². The summed E-state index contributed by atoms with van der Waals surface area (Å²) in [6.45, 7) is 5.22. The highest BCUT2D eigenvalue weighted by molar-refractivity contribution is 5.36. The van der Waals surface area contributed by atoms with Crippen molar-refractivity contribution >= 4 is 0 Å². The lowest BCUT2D eigenvalue weighted by Crippen LogP contribution is -2.03. The minimum absolute atomic E-state index is 0.599. The van der Waals surface area contributed by atoms with Crippen LogP contribution in [0.15, 0.2) is 42.7 Å². The van der Waals surface area contributed by atoms with Crippen LogP contribution in [0.5, 0.6) is 11.5 Å². The summed E-state index contributed by atoms with van der Waals surface area (Å²) in [4.78, 5) is 4.13. The number of nitrogens with zero attached hydrogens (tertiary/aromatic N) is 1. The van der Waals surface area contributed by atoms with Gasteiger partial charge in [0.15, 0.2) is 0 Å². The van der Waals surface area contributed by atoms with Gasteiger partial charge in [0.25, 0.3) is 0 Å². The fourth-order valence-electron chi connectivity index (χ4n) is 2.02. The molecule has 0 fully saturated rings. The Balaban J connectivity index is 2.18. The van der Waals surface area contributed by atoms with Crippen molar-refractivity contribution in [3.63, 3.8) is 0 Å². The van der Waals surface area contributed by atoms with E-state index < -0.39 is 6.10 Å². The zero-order chi connectivity index (χ0) is 15.1. The summed E-state index contributed by atoms with van der Waals surface area (Å²) in [5.74, 6) is 1.43. The summed E-state index contributed by atoms with van der Waals surface area (Å²) in [6, 6.07) is 9.27. The molecule has 0 bridgehead atoms. The summed E-state index contributed by atoms with van der Waals surface area (Å²) >= 11 is 0. The Morgan fingerprint density at radius 1 is 1.05 bits per heavy atom. The summed E-state index contributed by atoms with van der Waals surface area (Å²) in [6.07, 6.45) is 3.49. The molecule has 1 unspecified atom stereocenters. The van der Waals surface area contributed by atoms with E-state index in [1.54, 1.807) is 12.4 Å². The molecule has 1 N–H and O–H groups in total. The van der Waals surface area contributed by atoms with Gasteiger partial charge in [-0.2, -0.15) is 0 Å². The van der Waals surface area contributed by atoms with Crippen LogP contribution >= 0.6 is 0 Å². The second-order valence-corrected chi connectivity index (χ2v) is 4.71. The summed E-state index contributed by atoms with van der Waals surface area (Å²) < 4.78 is 11.0. The molecule has 0 amide bonds. The molecule has 0 aliphatic heterocycles. The van der Waals surface area contributed by atoms with Gasteiger partial charge >= 0.3 is 0 Å². The molecule has 0 radical (unpaired) electrons. The van der Waals surface area contributed by atoms with E-state index in [0.29, 0.717) is 24.5 Å². The Morgan fingerprint density at radius 2 is 1.86 bits per heavy atom. The topological polar surface area (TPSA) is 51.6 Å². The van der Waals surface area contributed by atoms with Gasteiger partial charge in [-0.1, -0.05) is 19.1 Å². The minimum Gasteiger partial charge on any atom is -0.494 e. The van der Waals surface area contributed by atoms with Crippen LogP contribution in [0.4, 0.5) is 0 Å². The van der Waals surface area contributed by atoms with E-state index in [2.05, 4.69) is 4.98 Å². The largest absolute Gasteiger partial charge is 0.494 e. The lowest BCUT2D eigenvalue weighted by Gasteiger charge is -2.14. The van der Waals surface area contributed by atoms with Crippen LogP contribution in [-0.4, -0.2) is 23.3 Å². The summed E-state index contributed by atoms with van der Waals surface area (Å²) in [5.41, 5.74) is 1.48. The minimum atomic E-state index is -0.747. The van der Waals surface area contributed by atoms with Crippen molar-refractivity contribution < 1.29 is 14.6 Å². The molecule has 0 saturated carbocycles. The molecular formula is C17H21NO3. The van der Waals surface area contributed by atoms with E-state index in [9.17, 15) is 5.11 Å². The van der Waals surface area contributed by atoms with Crippen molar-refractivity contribution in [1.82, 2.24) is 4.98 Å². The van der Waals surface area contributed by atoms with E-state index in [-0.39, 0.29) is 0 Å². The zero-order valence-electron chi connectivity index (χ0n) is 12.5. The van der Waals surface area contributed by atoms with Crippen molar-refractivity contribution in [2.75, 3.05) is 13.2 Å². The van der Waals surface area contributed by atoms with E-state index in [4.69, 9.17) is 9.47 Å². The van der Waals surface area contributed by atoms with Gasteiger partial charge in [-0.05, 0) is 37.1 Å². The molecule has 4 nitrogen and oxygen atoms in total. The number of rotatable bonds is 7. The number of pyridine rings is 1. The third-order valence-corrected chi connectivity index (χ3v) is 3.01. The molecule has 2 rings (SSSR count). The molecule has 4 heteroatoms. The number of ether oxygens (including phenoxy) is 2. The predicted octanol–water partition coefficient (Wildman–Crippen LogP) is 3.35. The SMILES string of the molecule is CCCOc1cncc(C(O)c2cccc(OCC)c2)c1. The average Bonchev–Trinajstić information content (AvgIpc) is 2.53. The molecule has 21 heavy (non-hydrogen) atoms. The van der Waals surface area contributed by atoms with Gasteiger partial charge in [0.05, 0.1) is 19.4 Å². The number of aromatic nitrogens is 1. The highest BCUT2D eigenvalue weighted by Crippen LogP contribution is 2.26. The molecule has 0 saturated heterocycles. The van der Waals surface area contributed by atoms with Crippen molar-refractivity contribution in [3.05, 3.63) is 53.9 Å².